The van der Waals surface area contributed by atoms with Crippen LogP contribution in [0.25, 0.3) is 0 Å². The van der Waals surface area contributed by atoms with Crippen molar-refractivity contribution in [1.29, 1.82) is 0 Å². The first-order chi connectivity index (χ1) is 7.45. The second-order valence-corrected chi connectivity index (χ2v) is 4.47. The first kappa shape index (κ1) is 15.1. The van der Waals surface area contributed by atoms with Crippen molar-refractivity contribution in [2.45, 2.75) is 39.7 Å². The predicted molar refractivity (Wildman–Crippen MR) is 67.3 cm³/mol. The number of hydrogen-bond donors (Lipinski definition) is 0. The van der Waals surface area contributed by atoms with E-state index in [0.717, 1.165) is 12.0 Å². The third-order valence-electron chi connectivity index (χ3n) is 1.70. The Balaban J connectivity index is 4.38. The monoisotopic (exact) mass is 242 g/mol. The summed E-state index contributed by atoms with van der Waals surface area (Å²) in [5, 5.41) is 0. The maximum atomic E-state index is 11.3. The Morgan fingerprint density at radius 1 is 1.50 bits per heavy atom. The molecule has 16 heavy (non-hydrogen) atoms. The fraction of sp³-hybridized carbons (Fsp3) is 0.615. The lowest BCUT2D eigenvalue weighted by molar-refractivity contribution is -0.146. The van der Waals surface area contributed by atoms with Crippen LogP contribution in [-0.4, -0.2) is 18.0 Å². The normalized spacial score (nSPS) is 11.6. The fourth-order valence-electron chi connectivity index (χ4n) is 1.06. The molecule has 0 fully saturated rings. The number of allylic oxidation sites excluding steroid dienone is 1. The zero-order chi connectivity index (χ0) is 12.6. The van der Waals surface area contributed by atoms with Crippen LogP contribution in [0.4, 0.5) is 0 Å². The Hall–Kier alpha value is -0.940. The van der Waals surface area contributed by atoms with Crippen molar-refractivity contribution in [3.63, 3.8) is 0 Å². The topological polar surface area (TPSA) is 26.3 Å². The molecule has 0 N–H and O–H groups in total. The van der Waals surface area contributed by atoms with Gasteiger partial charge in [-0.15, -0.1) is 11.6 Å². The molecule has 0 aromatic heterocycles. The van der Waals surface area contributed by atoms with Gasteiger partial charge in [0.15, 0.2) is 6.10 Å². The molecule has 0 saturated carbocycles. The smallest absolute Gasteiger partial charge is 0.308 e. The minimum Gasteiger partial charge on any atom is -0.449 e. The van der Waals surface area contributed by atoms with Gasteiger partial charge in [-0.1, -0.05) is 32.3 Å². The highest BCUT2D eigenvalue weighted by molar-refractivity contribution is 6.18. The first-order valence-electron chi connectivity index (χ1n) is 5.38. The molecular formula is C13H19ClO2. The maximum absolute atomic E-state index is 11.3. The summed E-state index contributed by atoms with van der Waals surface area (Å²) >= 11 is 5.46. The lowest BCUT2D eigenvalue weighted by Crippen LogP contribution is -2.18. The van der Waals surface area contributed by atoms with E-state index in [9.17, 15) is 4.79 Å². The molecule has 90 valence electrons. The SMILES string of the molecule is C=C(C)C#CC(CC(C)C)OC(=O)CCCl. The second kappa shape index (κ2) is 8.24. The third kappa shape index (κ3) is 8.38. The summed E-state index contributed by atoms with van der Waals surface area (Å²) in [4.78, 5) is 11.3. The van der Waals surface area contributed by atoms with Crippen molar-refractivity contribution >= 4 is 17.6 Å². The Bertz CT molecular complexity index is 297. The molecule has 1 unspecified atom stereocenters. The number of carbonyl (C=O) groups is 1. The van der Waals surface area contributed by atoms with E-state index >= 15 is 0 Å². The van der Waals surface area contributed by atoms with E-state index < -0.39 is 0 Å². The molecule has 1 atom stereocenters. The molecule has 0 bridgehead atoms. The molecule has 0 saturated heterocycles. The van der Waals surface area contributed by atoms with Gasteiger partial charge >= 0.3 is 5.97 Å². The Morgan fingerprint density at radius 3 is 2.56 bits per heavy atom. The van der Waals surface area contributed by atoms with Crippen LogP contribution in [0.15, 0.2) is 12.2 Å². The molecule has 0 spiro atoms. The zero-order valence-corrected chi connectivity index (χ0v) is 10.9. The molecule has 0 aromatic rings. The first-order valence-corrected chi connectivity index (χ1v) is 5.91. The minimum absolute atomic E-state index is 0.227. The van der Waals surface area contributed by atoms with Gasteiger partial charge in [-0.2, -0.15) is 0 Å². The van der Waals surface area contributed by atoms with Crippen molar-refractivity contribution in [3.05, 3.63) is 12.2 Å². The second-order valence-electron chi connectivity index (χ2n) is 4.10. The summed E-state index contributed by atoms with van der Waals surface area (Å²) in [6.45, 7) is 9.63. The number of esters is 1. The van der Waals surface area contributed by atoms with Gasteiger partial charge in [0, 0.05) is 5.88 Å². The molecule has 0 aliphatic rings. The van der Waals surface area contributed by atoms with Crippen LogP contribution in [0.2, 0.25) is 0 Å². The van der Waals surface area contributed by atoms with Gasteiger partial charge in [-0.25, -0.2) is 0 Å². The maximum Gasteiger partial charge on any atom is 0.308 e. The van der Waals surface area contributed by atoms with Crippen LogP contribution in [0.5, 0.6) is 0 Å². The highest BCUT2D eigenvalue weighted by atomic mass is 35.5. The number of ether oxygens (including phenoxy) is 1. The van der Waals surface area contributed by atoms with Crippen LogP contribution in [0, 0.1) is 17.8 Å². The van der Waals surface area contributed by atoms with E-state index in [-0.39, 0.29) is 24.4 Å². The molecule has 3 heteroatoms. The van der Waals surface area contributed by atoms with Crippen LogP contribution < -0.4 is 0 Å². The van der Waals surface area contributed by atoms with E-state index in [0.29, 0.717) is 5.92 Å². The third-order valence-corrected chi connectivity index (χ3v) is 1.89. The summed E-state index contributed by atoms with van der Waals surface area (Å²) < 4.78 is 5.21. The van der Waals surface area contributed by atoms with E-state index in [1.54, 1.807) is 0 Å². The average molecular weight is 243 g/mol. The molecule has 0 heterocycles. The Morgan fingerprint density at radius 2 is 2.12 bits per heavy atom. The molecular weight excluding hydrogens is 224 g/mol. The molecule has 2 nitrogen and oxygen atoms in total. The van der Waals surface area contributed by atoms with Crippen molar-refractivity contribution in [1.82, 2.24) is 0 Å². The number of alkyl halides is 1. The molecule has 0 aliphatic heterocycles. The highest BCUT2D eigenvalue weighted by Crippen LogP contribution is 2.09. The number of halogens is 1. The number of carbonyl (C=O) groups excluding carboxylic acids is 1. The molecule has 0 amide bonds. The van der Waals surface area contributed by atoms with Crippen LogP contribution in [-0.2, 0) is 9.53 Å². The number of hydrogen-bond acceptors (Lipinski definition) is 2. The molecule has 0 aliphatic carbocycles. The summed E-state index contributed by atoms with van der Waals surface area (Å²) in [5.41, 5.74) is 0.766. The van der Waals surface area contributed by atoms with Gasteiger partial charge in [0.1, 0.15) is 0 Å². The average Bonchev–Trinajstić information content (AvgIpc) is 2.13. The Kier molecular flexibility index (Phi) is 7.76. The lowest BCUT2D eigenvalue weighted by Gasteiger charge is -2.14. The van der Waals surface area contributed by atoms with Gasteiger partial charge in [-0.05, 0) is 24.8 Å². The van der Waals surface area contributed by atoms with E-state index in [2.05, 4.69) is 32.3 Å². The largest absolute Gasteiger partial charge is 0.449 e. The lowest BCUT2D eigenvalue weighted by atomic mass is 10.1. The van der Waals surface area contributed by atoms with Gasteiger partial charge in [0.05, 0.1) is 6.42 Å². The van der Waals surface area contributed by atoms with Crippen molar-refractivity contribution in [2.75, 3.05) is 5.88 Å². The van der Waals surface area contributed by atoms with Crippen molar-refractivity contribution in [3.8, 4) is 11.8 Å². The fourth-order valence-corrected chi connectivity index (χ4v) is 1.22. The van der Waals surface area contributed by atoms with Crippen LogP contribution in [0.3, 0.4) is 0 Å². The van der Waals surface area contributed by atoms with Gasteiger partial charge < -0.3 is 4.74 Å². The van der Waals surface area contributed by atoms with E-state index in [1.165, 1.54) is 0 Å². The highest BCUT2D eigenvalue weighted by Gasteiger charge is 2.13. The van der Waals surface area contributed by atoms with E-state index in [1.807, 2.05) is 6.92 Å². The molecule has 0 radical (unpaired) electrons. The summed E-state index contributed by atoms with van der Waals surface area (Å²) in [6.07, 6.45) is 0.603. The minimum atomic E-state index is -0.354. The quantitative estimate of drug-likeness (QED) is 0.421. The van der Waals surface area contributed by atoms with Gasteiger partial charge in [0.2, 0.25) is 0 Å². The summed E-state index contributed by atoms with van der Waals surface area (Å²) in [5.74, 6) is 6.16. The number of rotatable bonds is 5. The standard InChI is InChI=1S/C13H19ClO2/c1-10(2)5-6-12(9-11(3)4)16-13(15)7-8-14/h11-12H,1,7-9H2,2-4H3. The zero-order valence-electron chi connectivity index (χ0n) is 10.2. The van der Waals surface area contributed by atoms with E-state index in [4.69, 9.17) is 16.3 Å². The van der Waals surface area contributed by atoms with Crippen molar-refractivity contribution < 1.29 is 9.53 Å². The van der Waals surface area contributed by atoms with Crippen LogP contribution >= 0.6 is 11.6 Å². The van der Waals surface area contributed by atoms with Gasteiger partial charge in [0.25, 0.3) is 0 Å². The van der Waals surface area contributed by atoms with Crippen molar-refractivity contribution in [2.24, 2.45) is 5.92 Å². The van der Waals surface area contributed by atoms with Gasteiger partial charge in [-0.3, -0.25) is 4.79 Å². The molecule has 0 aromatic carbocycles. The van der Waals surface area contributed by atoms with Crippen LogP contribution in [0.1, 0.15) is 33.6 Å². The predicted octanol–water partition coefficient (Wildman–Crippen LogP) is 3.15. The Labute approximate surface area is 103 Å². The summed E-state index contributed by atoms with van der Waals surface area (Å²) in [6, 6.07) is 0. The summed E-state index contributed by atoms with van der Waals surface area (Å²) in [7, 11) is 0. The molecule has 0 rings (SSSR count).